The number of nitrogens with one attached hydrogen (secondary N) is 1. The maximum absolute atomic E-state index is 13.0. The summed E-state index contributed by atoms with van der Waals surface area (Å²) in [5, 5.41) is 2.48. The predicted octanol–water partition coefficient (Wildman–Crippen LogP) is 3.02. The molecule has 2 rings (SSSR count). The van der Waals surface area contributed by atoms with Crippen molar-refractivity contribution in [3.05, 3.63) is 28.5 Å². The normalized spacial score (nSPS) is 21.4. The third kappa shape index (κ3) is 5.55. The van der Waals surface area contributed by atoms with Gasteiger partial charge in [-0.05, 0) is 37.7 Å². The zero-order valence-corrected chi connectivity index (χ0v) is 15.4. The van der Waals surface area contributed by atoms with Crippen LogP contribution in [0.25, 0.3) is 0 Å². The Hall–Kier alpha value is -1.39. The van der Waals surface area contributed by atoms with Crippen molar-refractivity contribution >= 4 is 27.6 Å². The molecule has 0 atom stereocenters. The van der Waals surface area contributed by atoms with Crippen molar-refractivity contribution in [1.82, 2.24) is 10.3 Å². The second-order valence-electron chi connectivity index (χ2n) is 6.13. The first-order chi connectivity index (χ1) is 12.0. The predicted molar refractivity (Wildman–Crippen MR) is 88.3 cm³/mol. The van der Waals surface area contributed by atoms with Gasteiger partial charge in [-0.1, -0.05) is 11.6 Å². The number of halogens is 4. The molecule has 0 unspecified atom stereocenters. The van der Waals surface area contributed by atoms with E-state index < -0.39 is 33.5 Å². The Kier molecular flexibility index (Phi) is 6.51. The molecule has 26 heavy (non-hydrogen) atoms. The fraction of sp³-hybridized carbons (Fsp3) is 0.600. The van der Waals surface area contributed by atoms with Crippen molar-refractivity contribution in [3.8, 4) is 0 Å². The van der Waals surface area contributed by atoms with Gasteiger partial charge in [-0.2, -0.15) is 21.6 Å². The largest absolute Gasteiger partial charge is 0.434 e. The number of alkyl halides is 3. The molecule has 0 aliphatic heterocycles. The Balaban J connectivity index is 2.01. The van der Waals surface area contributed by atoms with E-state index in [9.17, 15) is 26.4 Å². The molecule has 0 spiro atoms. The van der Waals surface area contributed by atoms with Crippen molar-refractivity contribution in [2.24, 2.45) is 5.92 Å². The van der Waals surface area contributed by atoms with Gasteiger partial charge >= 0.3 is 6.18 Å². The second kappa shape index (κ2) is 8.10. The van der Waals surface area contributed by atoms with Gasteiger partial charge in [0.05, 0.1) is 23.4 Å². The van der Waals surface area contributed by atoms with Gasteiger partial charge < -0.3 is 5.32 Å². The molecular weight excluding hydrogens is 397 g/mol. The minimum absolute atomic E-state index is 0.0726. The Morgan fingerprint density at radius 3 is 2.50 bits per heavy atom. The highest BCUT2D eigenvalue weighted by atomic mass is 35.5. The number of carbonyl (C=O) groups excluding carboxylic acids is 1. The van der Waals surface area contributed by atoms with Gasteiger partial charge in [0.15, 0.2) is 5.69 Å². The van der Waals surface area contributed by atoms with Crippen LogP contribution in [-0.2, 0) is 20.5 Å². The number of pyridine rings is 1. The zero-order chi connectivity index (χ0) is 19.5. The molecule has 6 nitrogen and oxygen atoms in total. The smallest absolute Gasteiger partial charge is 0.349 e. The fourth-order valence-corrected chi connectivity index (χ4v) is 4.14. The molecule has 1 N–H and O–H groups in total. The molecule has 146 valence electrons. The van der Waals surface area contributed by atoms with Crippen LogP contribution in [0.5, 0.6) is 0 Å². The molecule has 11 heteroatoms. The SMILES string of the molecule is COS(=O)(=O)CC1CCC(NC(=O)c2cc(Cl)cnc2C(F)(F)F)CC1. The van der Waals surface area contributed by atoms with Crippen LogP contribution < -0.4 is 5.32 Å². The summed E-state index contributed by atoms with van der Waals surface area (Å²) in [6.45, 7) is 0. The molecule has 1 amide bonds. The quantitative estimate of drug-likeness (QED) is 0.748. The Labute approximate surface area is 154 Å². The van der Waals surface area contributed by atoms with Gasteiger partial charge in [0, 0.05) is 12.2 Å². The highest BCUT2D eigenvalue weighted by Gasteiger charge is 2.38. The van der Waals surface area contributed by atoms with Crippen LogP contribution in [0.4, 0.5) is 13.2 Å². The molecule has 1 heterocycles. The first kappa shape index (κ1) is 20.9. The number of amides is 1. The van der Waals surface area contributed by atoms with Crippen LogP contribution in [-0.4, -0.2) is 38.2 Å². The molecule has 1 aliphatic rings. The van der Waals surface area contributed by atoms with E-state index in [1.165, 1.54) is 0 Å². The lowest BCUT2D eigenvalue weighted by molar-refractivity contribution is -0.141. The topological polar surface area (TPSA) is 85.4 Å². The van der Waals surface area contributed by atoms with E-state index in [2.05, 4.69) is 14.5 Å². The molecule has 0 saturated heterocycles. The summed E-state index contributed by atoms with van der Waals surface area (Å²) in [5.74, 6) is -1.12. The number of nitrogens with zero attached hydrogens (tertiary/aromatic N) is 1. The van der Waals surface area contributed by atoms with Crippen LogP contribution in [0.1, 0.15) is 41.7 Å². The first-order valence-corrected chi connectivity index (χ1v) is 9.79. The third-order valence-corrected chi connectivity index (χ3v) is 5.84. The van der Waals surface area contributed by atoms with Crippen LogP contribution in [0.15, 0.2) is 12.3 Å². The summed E-state index contributed by atoms with van der Waals surface area (Å²) in [4.78, 5) is 15.5. The molecule has 0 aromatic carbocycles. The van der Waals surface area contributed by atoms with Crippen molar-refractivity contribution < 1.29 is 30.6 Å². The van der Waals surface area contributed by atoms with Crippen molar-refractivity contribution in [3.63, 3.8) is 0 Å². The molecule has 1 fully saturated rings. The zero-order valence-electron chi connectivity index (χ0n) is 13.8. The standard InChI is InChI=1S/C15H18ClF3N2O4S/c1-25-26(23,24)8-9-2-4-11(5-3-9)21-14(22)12-6-10(16)7-20-13(12)15(17,18)19/h6-7,9,11H,2-5,8H2,1H3,(H,21,22). The Bertz CT molecular complexity index is 763. The highest BCUT2D eigenvalue weighted by Crippen LogP contribution is 2.32. The minimum Gasteiger partial charge on any atom is -0.349 e. The summed E-state index contributed by atoms with van der Waals surface area (Å²) >= 11 is 5.67. The minimum atomic E-state index is -4.77. The van der Waals surface area contributed by atoms with Crippen LogP contribution in [0.2, 0.25) is 5.02 Å². The van der Waals surface area contributed by atoms with E-state index in [0.717, 1.165) is 19.4 Å². The van der Waals surface area contributed by atoms with Gasteiger partial charge in [-0.25, -0.2) is 4.98 Å². The van der Waals surface area contributed by atoms with E-state index in [1.807, 2.05) is 0 Å². The molecule has 0 bridgehead atoms. The number of carbonyl (C=O) groups is 1. The van der Waals surface area contributed by atoms with Gasteiger partial charge in [-0.15, -0.1) is 0 Å². The van der Waals surface area contributed by atoms with Gasteiger partial charge in [0.1, 0.15) is 0 Å². The average Bonchev–Trinajstić information content (AvgIpc) is 2.55. The lowest BCUT2D eigenvalue weighted by Crippen LogP contribution is -2.39. The summed E-state index contributed by atoms with van der Waals surface area (Å²) in [5.41, 5.74) is -1.92. The van der Waals surface area contributed by atoms with Crippen molar-refractivity contribution in [2.45, 2.75) is 37.9 Å². The number of rotatable bonds is 5. The van der Waals surface area contributed by atoms with E-state index in [4.69, 9.17) is 11.6 Å². The molecule has 0 radical (unpaired) electrons. The molecule has 1 aliphatic carbocycles. The van der Waals surface area contributed by atoms with Crippen LogP contribution in [0, 0.1) is 5.92 Å². The average molecular weight is 415 g/mol. The van der Waals surface area contributed by atoms with Gasteiger partial charge in [-0.3, -0.25) is 8.98 Å². The van der Waals surface area contributed by atoms with Crippen molar-refractivity contribution in [1.29, 1.82) is 0 Å². The van der Waals surface area contributed by atoms with E-state index in [1.54, 1.807) is 0 Å². The lowest BCUT2D eigenvalue weighted by atomic mass is 9.87. The van der Waals surface area contributed by atoms with Crippen LogP contribution >= 0.6 is 11.6 Å². The highest BCUT2D eigenvalue weighted by molar-refractivity contribution is 7.86. The summed E-state index contributed by atoms with van der Waals surface area (Å²) in [7, 11) is -2.47. The van der Waals surface area contributed by atoms with E-state index >= 15 is 0 Å². The number of hydrogen-bond acceptors (Lipinski definition) is 5. The third-order valence-electron chi connectivity index (χ3n) is 4.24. The molecular formula is C15H18ClF3N2O4S. The fourth-order valence-electron chi connectivity index (χ4n) is 2.93. The summed E-state index contributed by atoms with van der Waals surface area (Å²) in [6.07, 6.45) is -1.97. The Morgan fingerprint density at radius 1 is 1.35 bits per heavy atom. The Morgan fingerprint density at radius 2 is 1.96 bits per heavy atom. The van der Waals surface area contributed by atoms with Gasteiger partial charge in [0.2, 0.25) is 0 Å². The molecule has 1 saturated carbocycles. The number of hydrogen-bond donors (Lipinski definition) is 1. The van der Waals surface area contributed by atoms with E-state index in [0.29, 0.717) is 25.7 Å². The molecule has 1 aromatic heterocycles. The second-order valence-corrected chi connectivity index (χ2v) is 8.35. The van der Waals surface area contributed by atoms with Gasteiger partial charge in [0.25, 0.3) is 16.0 Å². The molecule has 1 aromatic rings. The van der Waals surface area contributed by atoms with Crippen LogP contribution in [0.3, 0.4) is 0 Å². The lowest BCUT2D eigenvalue weighted by Gasteiger charge is -2.28. The van der Waals surface area contributed by atoms with E-state index in [-0.39, 0.29) is 22.7 Å². The maximum Gasteiger partial charge on any atom is 0.434 e. The number of aromatic nitrogens is 1. The summed E-state index contributed by atoms with van der Waals surface area (Å²) in [6, 6.07) is 0.591. The first-order valence-electron chi connectivity index (χ1n) is 7.83. The maximum atomic E-state index is 13.0. The monoisotopic (exact) mass is 414 g/mol. The van der Waals surface area contributed by atoms with Crippen molar-refractivity contribution in [2.75, 3.05) is 12.9 Å². The summed E-state index contributed by atoms with van der Waals surface area (Å²) < 4.78 is 66.4.